The molecule has 0 radical (unpaired) electrons. The molecule has 1 aromatic rings. The number of hydrogen-bond acceptors (Lipinski definition) is 6. The molecule has 0 bridgehead atoms. The fourth-order valence-electron chi connectivity index (χ4n) is 2.03. The van der Waals surface area contributed by atoms with E-state index in [1.54, 1.807) is 32.4 Å². The molecule has 0 heterocycles. The van der Waals surface area contributed by atoms with Gasteiger partial charge in [-0.25, -0.2) is 4.79 Å². The maximum absolute atomic E-state index is 10.9. The van der Waals surface area contributed by atoms with Gasteiger partial charge in [0.05, 0.1) is 7.11 Å². The van der Waals surface area contributed by atoms with Gasteiger partial charge in [-0.3, -0.25) is 0 Å². The molecule has 0 spiro atoms. The zero-order valence-corrected chi connectivity index (χ0v) is 16.1. The van der Waals surface area contributed by atoms with E-state index >= 15 is 0 Å². The third-order valence-electron chi connectivity index (χ3n) is 3.34. The molecule has 0 atom stereocenters. The van der Waals surface area contributed by atoms with Crippen LogP contribution in [0, 0.1) is 6.92 Å². The summed E-state index contributed by atoms with van der Waals surface area (Å²) in [7, 11) is 4.48. The second kappa shape index (κ2) is 13.4. The number of carbonyl (C=O) groups excluding carboxylic acids is 1. The Morgan fingerprint density at radius 3 is 2.04 bits per heavy atom. The summed E-state index contributed by atoms with van der Waals surface area (Å²) in [5, 5.41) is 0. The Kier molecular flexibility index (Phi) is 11.0. The van der Waals surface area contributed by atoms with E-state index in [1.807, 2.05) is 43.4 Å². The molecular weight excluding hydrogens is 348 g/mol. The third-order valence-corrected chi connectivity index (χ3v) is 3.34. The Labute approximate surface area is 160 Å². The van der Waals surface area contributed by atoms with Gasteiger partial charge < -0.3 is 23.7 Å². The summed E-state index contributed by atoms with van der Waals surface area (Å²) < 4.78 is 25.6. The van der Waals surface area contributed by atoms with Gasteiger partial charge in [-0.15, -0.1) is 0 Å². The lowest BCUT2D eigenvalue weighted by Gasteiger charge is -2.14. The summed E-state index contributed by atoms with van der Waals surface area (Å²) in [6, 6.07) is 3.67. The zero-order valence-electron chi connectivity index (χ0n) is 16.1. The number of ether oxygens (including phenoxy) is 5. The summed E-state index contributed by atoms with van der Waals surface area (Å²) in [4.78, 5) is 10.9. The molecular formula is C21H26O6. The van der Waals surface area contributed by atoms with E-state index in [0.717, 1.165) is 16.9 Å². The molecule has 6 heteroatoms. The first-order chi connectivity index (χ1) is 13.1. The fraction of sp³-hybridized carbons (Fsp3) is 0.286. The van der Waals surface area contributed by atoms with Gasteiger partial charge in [-0.05, 0) is 19.1 Å². The molecule has 0 fully saturated rings. The van der Waals surface area contributed by atoms with Crippen molar-refractivity contribution in [2.24, 2.45) is 0 Å². The van der Waals surface area contributed by atoms with Crippen LogP contribution in [0.1, 0.15) is 11.1 Å². The van der Waals surface area contributed by atoms with E-state index in [-0.39, 0.29) is 13.6 Å². The maximum atomic E-state index is 10.9. The van der Waals surface area contributed by atoms with Crippen LogP contribution in [0.4, 0.5) is 0 Å². The van der Waals surface area contributed by atoms with Crippen LogP contribution in [-0.4, -0.2) is 40.9 Å². The predicted octanol–water partition coefficient (Wildman–Crippen LogP) is 3.82. The van der Waals surface area contributed by atoms with Gasteiger partial charge in [0.1, 0.15) is 11.5 Å². The van der Waals surface area contributed by atoms with E-state index in [4.69, 9.17) is 18.9 Å². The molecule has 146 valence electrons. The fourth-order valence-corrected chi connectivity index (χ4v) is 2.03. The Balaban J connectivity index is 2.86. The highest BCUT2D eigenvalue weighted by Gasteiger charge is 2.10. The van der Waals surface area contributed by atoms with E-state index in [0.29, 0.717) is 5.75 Å². The van der Waals surface area contributed by atoms with Crippen molar-refractivity contribution in [3.63, 3.8) is 0 Å². The van der Waals surface area contributed by atoms with Crippen LogP contribution in [0.15, 0.2) is 54.7 Å². The van der Waals surface area contributed by atoms with Crippen molar-refractivity contribution < 1.29 is 28.5 Å². The lowest BCUT2D eigenvalue weighted by Crippen LogP contribution is -2.04. The predicted molar refractivity (Wildman–Crippen MR) is 105 cm³/mol. The monoisotopic (exact) mass is 374 g/mol. The van der Waals surface area contributed by atoms with Crippen LogP contribution in [0.3, 0.4) is 0 Å². The minimum atomic E-state index is -0.391. The minimum absolute atomic E-state index is 0.156. The molecule has 0 saturated heterocycles. The molecule has 0 aliphatic rings. The van der Waals surface area contributed by atoms with Crippen LogP contribution in [0.5, 0.6) is 11.5 Å². The second-order valence-corrected chi connectivity index (χ2v) is 5.21. The molecule has 1 aromatic carbocycles. The average Bonchev–Trinajstić information content (AvgIpc) is 2.68. The second-order valence-electron chi connectivity index (χ2n) is 5.21. The summed E-state index contributed by atoms with van der Waals surface area (Å²) >= 11 is 0. The van der Waals surface area contributed by atoms with Crippen molar-refractivity contribution >= 4 is 12.0 Å². The van der Waals surface area contributed by atoms with E-state index in [1.165, 1.54) is 13.2 Å². The smallest absolute Gasteiger partial charge is 0.330 e. The summed E-state index contributed by atoms with van der Waals surface area (Å²) in [5.74, 6) is 1.02. The van der Waals surface area contributed by atoms with Gasteiger partial charge in [-0.1, -0.05) is 42.5 Å². The average molecular weight is 374 g/mol. The molecule has 0 amide bonds. The SMILES string of the molecule is COCOc1ccc(OCOC)c(C=CC=CC=CC=CC(=O)OC)c1C. The standard InChI is InChI=1S/C21H26O6/c1-17-18(11-9-7-5-6-8-10-12-21(22)25-4)20(27-16-24-3)14-13-19(17)26-15-23-2/h5-14H,15-16H2,1-4H3. The topological polar surface area (TPSA) is 63.2 Å². The van der Waals surface area contributed by atoms with Crippen LogP contribution >= 0.6 is 0 Å². The molecule has 6 nitrogen and oxygen atoms in total. The number of benzene rings is 1. The highest BCUT2D eigenvalue weighted by Crippen LogP contribution is 2.31. The van der Waals surface area contributed by atoms with E-state index in [9.17, 15) is 4.79 Å². The van der Waals surface area contributed by atoms with Gasteiger partial charge in [0.15, 0.2) is 13.6 Å². The Morgan fingerprint density at radius 2 is 1.41 bits per heavy atom. The summed E-state index contributed by atoms with van der Waals surface area (Å²) in [5.41, 5.74) is 1.82. The van der Waals surface area contributed by atoms with Crippen LogP contribution in [0.25, 0.3) is 6.08 Å². The highest BCUT2D eigenvalue weighted by atomic mass is 16.7. The van der Waals surface area contributed by atoms with Crippen LogP contribution in [0.2, 0.25) is 0 Å². The molecule has 0 saturated carbocycles. The van der Waals surface area contributed by atoms with Crippen molar-refractivity contribution in [2.75, 3.05) is 34.9 Å². The van der Waals surface area contributed by atoms with Gasteiger partial charge in [0, 0.05) is 31.4 Å². The molecule has 27 heavy (non-hydrogen) atoms. The third kappa shape index (κ3) is 8.40. The van der Waals surface area contributed by atoms with Crippen molar-refractivity contribution in [1.29, 1.82) is 0 Å². The first-order valence-corrected chi connectivity index (χ1v) is 8.27. The number of carbonyl (C=O) groups is 1. The van der Waals surface area contributed by atoms with Crippen molar-refractivity contribution in [2.45, 2.75) is 6.92 Å². The molecule has 0 N–H and O–H groups in total. The molecule has 1 rings (SSSR count). The van der Waals surface area contributed by atoms with Gasteiger partial charge in [0.2, 0.25) is 0 Å². The highest BCUT2D eigenvalue weighted by molar-refractivity contribution is 5.82. The van der Waals surface area contributed by atoms with Crippen LogP contribution in [-0.2, 0) is 19.0 Å². The zero-order chi connectivity index (χ0) is 19.9. The molecule has 0 unspecified atom stereocenters. The van der Waals surface area contributed by atoms with Crippen molar-refractivity contribution in [3.05, 3.63) is 65.8 Å². The Morgan fingerprint density at radius 1 is 0.852 bits per heavy atom. The summed E-state index contributed by atoms with van der Waals surface area (Å²) in [6.45, 7) is 2.28. The number of methoxy groups -OCH3 is 3. The molecule has 0 aliphatic heterocycles. The largest absolute Gasteiger partial charge is 0.467 e. The maximum Gasteiger partial charge on any atom is 0.330 e. The summed E-state index contributed by atoms with van der Waals surface area (Å²) in [6.07, 6.45) is 14.0. The first-order valence-electron chi connectivity index (χ1n) is 8.27. The quantitative estimate of drug-likeness (QED) is 0.254. The number of allylic oxidation sites excluding steroid dienone is 6. The lowest BCUT2D eigenvalue weighted by atomic mass is 10.1. The number of hydrogen-bond donors (Lipinski definition) is 0. The number of esters is 1. The van der Waals surface area contributed by atoms with Gasteiger partial charge in [-0.2, -0.15) is 0 Å². The van der Waals surface area contributed by atoms with Crippen molar-refractivity contribution in [1.82, 2.24) is 0 Å². The van der Waals surface area contributed by atoms with Crippen molar-refractivity contribution in [3.8, 4) is 11.5 Å². The Hall–Kier alpha value is -2.83. The minimum Gasteiger partial charge on any atom is -0.467 e. The van der Waals surface area contributed by atoms with Crippen LogP contribution < -0.4 is 9.47 Å². The molecule has 0 aromatic heterocycles. The first kappa shape index (κ1) is 22.2. The van der Waals surface area contributed by atoms with Gasteiger partial charge in [0.25, 0.3) is 0 Å². The lowest BCUT2D eigenvalue weighted by molar-refractivity contribution is -0.134. The van der Waals surface area contributed by atoms with E-state index in [2.05, 4.69) is 4.74 Å². The Bertz CT molecular complexity index is 701. The van der Waals surface area contributed by atoms with E-state index < -0.39 is 5.97 Å². The normalized spacial score (nSPS) is 11.9. The molecule has 0 aliphatic carbocycles. The van der Waals surface area contributed by atoms with Gasteiger partial charge >= 0.3 is 5.97 Å². The number of rotatable bonds is 11.